The van der Waals surface area contributed by atoms with Crippen LogP contribution in [0.25, 0.3) is 0 Å². The summed E-state index contributed by atoms with van der Waals surface area (Å²) in [6.07, 6.45) is 3.73. The van der Waals surface area contributed by atoms with Gasteiger partial charge in [-0.15, -0.1) is 12.1 Å². The summed E-state index contributed by atoms with van der Waals surface area (Å²) in [5.41, 5.74) is 0. The molecule has 1 saturated carbocycles. The Morgan fingerprint density at radius 2 is 2.05 bits per heavy atom. The SMILES string of the molecule is CC1CCC(C(=O)Oc2cc[c-]c(F)c2Cl)CC1.[Rb+]. The minimum absolute atomic E-state index is 0. The van der Waals surface area contributed by atoms with Crippen LogP contribution in [0.2, 0.25) is 5.02 Å². The second kappa shape index (κ2) is 8.23. The summed E-state index contributed by atoms with van der Waals surface area (Å²) >= 11 is 5.72. The van der Waals surface area contributed by atoms with Gasteiger partial charge in [-0.2, -0.15) is 17.7 Å². The Morgan fingerprint density at radius 3 is 2.68 bits per heavy atom. The third kappa shape index (κ3) is 4.89. The van der Waals surface area contributed by atoms with Gasteiger partial charge in [-0.3, -0.25) is 4.79 Å². The molecule has 0 bridgehead atoms. The molecule has 0 amide bonds. The smallest absolute Gasteiger partial charge is 0.451 e. The number of carbonyl (C=O) groups excluding carboxylic acids is 1. The Kier molecular flexibility index (Phi) is 7.69. The van der Waals surface area contributed by atoms with Gasteiger partial charge in [-0.05, 0) is 31.6 Å². The maximum Gasteiger partial charge on any atom is 1.00 e. The van der Waals surface area contributed by atoms with Gasteiger partial charge < -0.3 is 4.74 Å². The van der Waals surface area contributed by atoms with Gasteiger partial charge in [-0.25, -0.2) is 4.39 Å². The molecule has 1 fully saturated rings. The van der Waals surface area contributed by atoms with E-state index in [1.54, 1.807) is 0 Å². The van der Waals surface area contributed by atoms with Gasteiger partial charge in [0, 0.05) is 16.6 Å². The van der Waals surface area contributed by atoms with E-state index < -0.39 is 5.82 Å². The van der Waals surface area contributed by atoms with Crippen molar-refractivity contribution in [1.82, 2.24) is 0 Å². The molecule has 0 unspecified atom stereocenters. The maximum absolute atomic E-state index is 13.1. The van der Waals surface area contributed by atoms with E-state index in [2.05, 4.69) is 13.0 Å². The second-order valence-electron chi connectivity index (χ2n) is 4.85. The Labute approximate surface area is 166 Å². The number of hydrogen-bond donors (Lipinski definition) is 0. The fourth-order valence-electron chi connectivity index (χ4n) is 2.20. The Balaban J connectivity index is 0.00000180. The van der Waals surface area contributed by atoms with Crippen LogP contribution in [0.3, 0.4) is 0 Å². The molecule has 0 heterocycles. The molecule has 5 heteroatoms. The molecular formula is C14H15ClFO2Rb. The molecule has 0 saturated heterocycles. The summed E-state index contributed by atoms with van der Waals surface area (Å²) in [6, 6.07) is 5.12. The standard InChI is InChI=1S/C14H15ClFO2.Rb/c1-9-5-7-10(8-6-9)14(17)18-12-4-2-3-11(16)13(12)15;/h2,4,9-10H,5-8H2,1H3;/q-1;+1. The molecule has 0 radical (unpaired) electrons. The number of halogens is 2. The fourth-order valence-corrected chi connectivity index (χ4v) is 2.36. The van der Waals surface area contributed by atoms with Crippen LogP contribution in [0.5, 0.6) is 5.75 Å². The Morgan fingerprint density at radius 1 is 1.42 bits per heavy atom. The zero-order valence-electron chi connectivity index (χ0n) is 11.2. The van der Waals surface area contributed by atoms with Gasteiger partial charge in [0.1, 0.15) is 0 Å². The average Bonchev–Trinajstić information content (AvgIpc) is 2.36. The van der Waals surface area contributed by atoms with Crippen LogP contribution in [-0.2, 0) is 4.79 Å². The van der Waals surface area contributed by atoms with E-state index in [0.717, 1.165) is 25.7 Å². The third-order valence-corrected chi connectivity index (χ3v) is 3.77. The van der Waals surface area contributed by atoms with E-state index in [1.807, 2.05) is 0 Å². The molecule has 0 N–H and O–H groups in total. The van der Waals surface area contributed by atoms with Crippen LogP contribution in [0, 0.1) is 23.7 Å². The van der Waals surface area contributed by atoms with Crippen molar-refractivity contribution < 1.29 is 72.1 Å². The molecule has 98 valence electrons. The Bertz CT molecular complexity index is 445. The van der Waals surface area contributed by atoms with Crippen molar-refractivity contribution in [3.8, 4) is 5.75 Å². The minimum atomic E-state index is -0.695. The number of carbonyl (C=O) groups is 1. The van der Waals surface area contributed by atoms with Gasteiger partial charge in [-0.1, -0.05) is 6.92 Å². The van der Waals surface area contributed by atoms with Gasteiger partial charge >= 0.3 is 64.2 Å². The van der Waals surface area contributed by atoms with E-state index in [1.165, 1.54) is 12.1 Å². The average molecular weight is 355 g/mol. The normalized spacial score (nSPS) is 22.5. The molecular weight excluding hydrogens is 340 g/mol. The summed E-state index contributed by atoms with van der Waals surface area (Å²) in [6.45, 7) is 2.18. The molecule has 19 heavy (non-hydrogen) atoms. The second-order valence-corrected chi connectivity index (χ2v) is 5.23. The van der Waals surface area contributed by atoms with Gasteiger partial charge in [0.05, 0.1) is 5.92 Å². The van der Waals surface area contributed by atoms with Crippen molar-refractivity contribution in [2.75, 3.05) is 0 Å². The fraction of sp³-hybridized carbons (Fsp3) is 0.500. The van der Waals surface area contributed by atoms with Crippen molar-refractivity contribution in [2.45, 2.75) is 32.6 Å². The number of hydrogen-bond acceptors (Lipinski definition) is 2. The first kappa shape index (κ1) is 17.8. The predicted molar refractivity (Wildman–Crippen MR) is 67.0 cm³/mol. The van der Waals surface area contributed by atoms with E-state index in [0.29, 0.717) is 5.92 Å². The third-order valence-electron chi connectivity index (χ3n) is 3.41. The summed E-state index contributed by atoms with van der Waals surface area (Å²) < 4.78 is 18.3. The predicted octanol–water partition coefficient (Wildman–Crippen LogP) is 1.01. The number of esters is 1. The van der Waals surface area contributed by atoms with Gasteiger partial charge in [0.25, 0.3) is 0 Å². The summed E-state index contributed by atoms with van der Waals surface area (Å²) in [7, 11) is 0. The zero-order chi connectivity index (χ0) is 13.1. The molecule has 1 aromatic rings. The van der Waals surface area contributed by atoms with Crippen LogP contribution in [0.15, 0.2) is 12.1 Å². The van der Waals surface area contributed by atoms with Crippen LogP contribution < -0.4 is 62.9 Å². The van der Waals surface area contributed by atoms with E-state index >= 15 is 0 Å². The quantitative estimate of drug-likeness (QED) is 0.450. The van der Waals surface area contributed by atoms with Crippen molar-refractivity contribution in [3.63, 3.8) is 0 Å². The van der Waals surface area contributed by atoms with Crippen molar-refractivity contribution >= 4 is 17.6 Å². The zero-order valence-corrected chi connectivity index (χ0v) is 16.9. The first-order chi connectivity index (χ1) is 8.58. The van der Waals surface area contributed by atoms with Crippen LogP contribution in [-0.4, -0.2) is 5.97 Å². The molecule has 2 rings (SSSR count). The van der Waals surface area contributed by atoms with E-state index in [-0.39, 0.29) is 80.8 Å². The van der Waals surface area contributed by atoms with Crippen molar-refractivity contribution in [1.29, 1.82) is 0 Å². The molecule has 0 aromatic heterocycles. The van der Waals surface area contributed by atoms with E-state index in [9.17, 15) is 9.18 Å². The topological polar surface area (TPSA) is 26.3 Å². The van der Waals surface area contributed by atoms with Gasteiger partial charge in [0.2, 0.25) is 0 Å². The van der Waals surface area contributed by atoms with Crippen LogP contribution >= 0.6 is 11.6 Å². The molecule has 1 aromatic carbocycles. The maximum atomic E-state index is 13.1. The molecule has 1 aliphatic rings. The molecule has 2 nitrogen and oxygen atoms in total. The number of benzene rings is 1. The molecule has 0 aliphatic heterocycles. The van der Waals surface area contributed by atoms with Gasteiger partial charge in [0.15, 0.2) is 0 Å². The first-order valence-electron chi connectivity index (χ1n) is 6.15. The van der Waals surface area contributed by atoms with Crippen molar-refractivity contribution in [2.24, 2.45) is 11.8 Å². The number of rotatable bonds is 2. The molecule has 0 atom stereocenters. The minimum Gasteiger partial charge on any atom is -0.451 e. The molecule has 0 spiro atoms. The molecule has 1 aliphatic carbocycles. The largest absolute Gasteiger partial charge is 1.00 e. The summed E-state index contributed by atoms with van der Waals surface area (Å²) in [5.74, 6) is -0.351. The Hall–Kier alpha value is 0.715. The summed E-state index contributed by atoms with van der Waals surface area (Å²) in [4.78, 5) is 11.9. The van der Waals surface area contributed by atoms with Crippen LogP contribution in [0.1, 0.15) is 32.6 Å². The first-order valence-corrected chi connectivity index (χ1v) is 6.53. The van der Waals surface area contributed by atoms with E-state index in [4.69, 9.17) is 16.3 Å². The summed E-state index contributed by atoms with van der Waals surface area (Å²) in [5, 5.41) is -0.185. The number of ether oxygens (including phenoxy) is 1. The van der Waals surface area contributed by atoms with Crippen LogP contribution in [0.4, 0.5) is 4.39 Å². The van der Waals surface area contributed by atoms with Crippen molar-refractivity contribution in [3.05, 3.63) is 29.0 Å². The monoisotopic (exact) mass is 354 g/mol.